The predicted octanol–water partition coefficient (Wildman–Crippen LogP) is 4.87. The third kappa shape index (κ3) is 6.19. The minimum atomic E-state index is -0.566. The first-order valence-corrected chi connectivity index (χ1v) is 11.0. The van der Waals surface area contributed by atoms with Gasteiger partial charge in [-0.25, -0.2) is 9.48 Å². The van der Waals surface area contributed by atoms with Crippen LogP contribution < -0.4 is 0 Å². The molecule has 0 atom stereocenters. The van der Waals surface area contributed by atoms with E-state index >= 15 is 0 Å². The number of benzene rings is 2. The van der Waals surface area contributed by atoms with Gasteiger partial charge in [-0.1, -0.05) is 48.5 Å². The first-order chi connectivity index (χ1) is 15.7. The van der Waals surface area contributed by atoms with Gasteiger partial charge in [-0.2, -0.15) is 5.10 Å². The van der Waals surface area contributed by atoms with Crippen LogP contribution in [0.15, 0.2) is 66.7 Å². The Hall–Kier alpha value is -3.67. The maximum atomic E-state index is 12.9. The van der Waals surface area contributed by atoms with Crippen LogP contribution in [0.25, 0.3) is 11.8 Å². The van der Waals surface area contributed by atoms with E-state index in [1.807, 2.05) is 100.0 Å². The Kier molecular flexibility index (Phi) is 7.48. The van der Waals surface area contributed by atoms with Gasteiger partial charge in [0.05, 0.1) is 11.4 Å². The summed E-state index contributed by atoms with van der Waals surface area (Å²) in [4.78, 5) is 26.9. The summed E-state index contributed by atoms with van der Waals surface area (Å²) in [6.45, 7) is 9.88. The van der Waals surface area contributed by atoms with Gasteiger partial charge in [-0.3, -0.25) is 4.79 Å². The number of ether oxygens (including phenoxy) is 1. The molecule has 172 valence electrons. The Morgan fingerprint density at radius 3 is 2.21 bits per heavy atom. The molecule has 0 unspecified atom stereocenters. The Bertz CT molecular complexity index is 1130. The molecule has 0 radical (unpaired) electrons. The number of esters is 1. The van der Waals surface area contributed by atoms with Crippen LogP contribution in [-0.4, -0.2) is 38.7 Å². The van der Waals surface area contributed by atoms with Crippen molar-refractivity contribution in [3.63, 3.8) is 0 Å². The zero-order valence-corrected chi connectivity index (χ0v) is 19.9. The molecule has 0 spiro atoms. The highest BCUT2D eigenvalue weighted by molar-refractivity contribution is 5.89. The molecule has 1 aromatic heterocycles. The molecule has 3 aromatic rings. The van der Waals surface area contributed by atoms with Gasteiger partial charge in [-0.15, -0.1) is 0 Å². The Morgan fingerprint density at radius 2 is 1.61 bits per heavy atom. The third-order valence-corrected chi connectivity index (χ3v) is 5.37. The summed E-state index contributed by atoms with van der Waals surface area (Å²) >= 11 is 0. The second-order valence-corrected chi connectivity index (χ2v) is 8.91. The zero-order chi connectivity index (χ0) is 24.0. The van der Waals surface area contributed by atoms with Gasteiger partial charge in [-0.05, 0) is 58.4 Å². The van der Waals surface area contributed by atoms with Crippen molar-refractivity contribution in [1.29, 1.82) is 0 Å². The number of aryl methyl sites for hydroxylation is 1. The van der Waals surface area contributed by atoms with E-state index in [0.29, 0.717) is 6.54 Å². The SMILES string of the molecule is Cc1nn(-c2ccccc2)c(C)c1C=CC(=O)OCC(=O)N(Cc1ccccc1)C(C)(C)C. The van der Waals surface area contributed by atoms with Crippen molar-refractivity contribution in [3.05, 3.63) is 89.3 Å². The lowest BCUT2D eigenvalue weighted by atomic mass is 10.0. The summed E-state index contributed by atoms with van der Waals surface area (Å²) < 4.78 is 7.11. The first kappa shape index (κ1) is 24.0. The van der Waals surface area contributed by atoms with Crippen molar-refractivity contribution in [2.24, 2.45) is 0 Å². The standard InChI is InChI=1S/C27H31N3O3/c1-20-24(21(2)30(28-20)23-14-10-7-11-15-23)16-17-26(32)33-19-25(31)29(27(3,4)5)18-22-12-8-6-9-13-22/h6-17H,18-19H2,1-5H3. The number of hydrogen-bond donors (Lipinski definition) is 0. The number of rotatable bonds is 7. The van der Waals surface area contributed by atoms with Crippen LogP contribution in [0.5, 0.6) is 0 Å². The van der Waals surface area contributed by atoms with Gasteiger partial charge in [0, 0.05) is 29.4 Å². The van der Waals surface area contributed by atoms with Crippen LogP contribution in [-0.2, 0) is 20.9 Å². The fraction of sp³-hybridized carbons (Fsp3) is 0.296. The molecule has 0 bridgehead atoms. The van der Waals surface area contributed by atoms with Gasteiger partial charge in [0.1, 0.15) is 0 Å². The second kappa shape index (κ2) is 10.3. The summed E-state index contributed by atoms with van der Waals surface area (Å²) in [6, 6.07) is 19.6. The van der Waals surface area contributed by atoms with Gasteiger partial charge in [0.15, 0.2) is 6.61 Å². The molecular formula is C27H31N3O3. The lowest BCUT2D eigenvalue weighted by molar-refractivity contribution is -0.151. The first-order valence-electron chi connectivity index (χ1n) is 11.0. The number of aromatic nitrogens is 2. The number of nitrogens with zero attached hydrogens (tertiary/aromatic N) is 3. The van der Waals surface area contributed by atoms with Crippen LogP contribution in [0.1, 0.15) is 43.3 Å². The van der Waals surface area contributed by atoms with Gasteiger partial charge in [0.2, 0.25) is 0 Å². The molecule has 1 heterocycles. The number of amides is 1. The van der Waals surface area contributed by atoms with Gasteiger partial charge >= 0.3 is 5.97 Å². The average Bonchev–Trinajstić information content (AvgIpc) is 3.08. The fourth-order valence-corrected chi connectivity index (χ4v) is 3.59. The highest BCUT2D eigenvalue weighted by Gasteiger charge is 2.27. The van der Waals surface area contributed by atoms with E-state index in [2.05, 4.69) is 5.10 Å². The smallest absolute Gasteiger partial charge is 0.331 e. The summed E-state index contributed by atoms with van der Waals surface area (Å²) in [7, 11) is 0. The van der Waals surface area contributed by atoms with E-state index in [0.717, 1.165) is 28.2 Å². The molecule has 1 amide bonds. The third-order valence-electron chi connectivity index (χ3n) is 5.37. The topological polar surface area (TPSA) is 64.4 Å². The molecule has 2 aromatic carbocycles. The second-order valence-electron chi connectivity index (χ2n) is 8.91. The van der Waals surface area contributed by atoms with E-state index in [1.165, 1.54) is 6.08 Å². The van der Waals surface area contributed by atoms with Crippen LogP contribution in [0.2, 0.25) is 0 Å². The van der Waals surface area contributed by atoms with E-state index in [1.54, 1.807) is 11.0 Å². The molecular weight excluding hydrogens is 414 g/mol. The van der Waals surface area contributed by atoms with E-state index in [9.17, 15) is 9.59 Å². The number of hydrogen-bond acceptors (Lipinski definition) is 4. The molecule has 0 saturated heterocycles. The Balaban J connectivity index is 1.65. The van der Waals surface area contributed by atoms with Crippen molar-refractivity contribution < 1.29 is 14.3 Å². The highest BCUT2D eigenvalue weighted by Crippen LogP contribution is 2.20. The molecule has 0 fully saturated rings. The zero-order valence-electron chi connectivity index (χ0n) is 19.9. The van der Waals surface area contributed by atoms with Crippen molar-refractivity contribution in [2.45, 2.75) is 46.7 Å². The van der Waals surface area contributed by atoms with Crippen LogP contribution in [0.4, 0.5) is 0 Å². The maximum absolute atomic E-state index is 12.9. The largest absolute Gasteiger partial charge is 0.452 e. The van der Waals surface area contributed by atoms with Crippen molar-refractivity contribution in [1.82, 2.24) is 14.7 Å². The Labute approximate surface area is 195 Å². The molecule has 6 heteroatoms. The number of carbonyl (C=O) groups is 2. The van der Waals surface area contributed by atoms with Crippen molar-refractivity contribution in [2.75, 3.05) is 6.61 Å². The minimum absolute atomic E-state index is 0.239. The lowest BCUT2D eigenvalue weighted by Crippen LogP contribution is -2.46. The van der Waals surface area contributed by atoms with E-state index < -0.39 is 11.5 Å². The average molecular weight is 446 g/mol. The van der Waals surface area contributed by atoms with Crippen LogP contribution in [0, 0.1) is 13.8 Å². The van der Waals surface area contributed by atoms with Gasteiger partial charge < -0.3 is 9.64 Å². The molecule has 33 heavy (non-hydrogen) atoms. The molecule has 6 nitrogen and oxygen atoms in total. The predicted molar refractivity (Wildman–Crippen MR) is 130 cm³/mol. The summed E-state index contributed by atoms with van der Waals surface area (Å²) in [5.74, 6) is -0.805. The molecule has 0 aliphatic rings. The van der Waals surface area contributed by atoms with Crippen LogP contribution in [0.3, 0.4) is 0 Å². The van der Waals surface area contributed by atoms with E-state index in [4.69, 9.17) is 4.74 Å². The lowest BCUT2D eigenvalue weighted by Gasteiger charge is -2.35. The monoisotopic (exact) mass is 445 g/mol. The van der Waals surface area contributed by atoms with Crippen LogP contribution >= 0.6 is 0 Å². The Morgan fingerprint density at radius 1 is 1.00 bits per heavy atom. The summed E-state index contributed by atoms with van der Waals surface area (Å²) in [5, 5.41) is 4.58. The van der Waals surface area contributed by atoms with Crippen molar-refractivity contribution in [3.8, 4) is 5.69 Å². The summed E-state index contributed by atoms with van der Waals surface area (Å²) in [5.41, 5.74) is 4.14. The number of carbonyl (C=O) groups excluding carboxylic acids is 2. The van der Waals surface area contributed by atoms with E-state index in [-0.39, 0.29) is 12.5 Å². The maximum Gasteiger partial charge on any atom is 0.331 e. The highest BCUT2D eigenvalue weighted by atomic mass is 16.5. The van der Waals surface area contributed by atoms with Gasteiger partial charge in [0.25, 0.3) is 5.91 Å². The molecule has 0 N–H and O–H groups in total. The minimum Gasteiger partial charge on any atom is -0.452 e. The number of para-hydroxylation sites is 1. The molecule has 0 aliphatic heterocycles. The molecule has 3 rings (SSSR count). The summed E-state index contributed by atoms with van der Waals surface area (Å²) in [6.07, 6.45) is 3.04. The normalized spacial score (nSPS) is 11.5. The quantitative estimate of drug-likeness (QED) is 0.384. The molecule has 0 saturated carbocycles. The van der Waals surface area contributed by atoms with Crippen molar-refractivity contribution >= 4 is 18.0 Å². The molecule has 0 aliphatic carbocycles. The fourth-order valence-electron chi connectivity index (χ4n) is 3.59.